The molecule has 0 atom stereocenters. The molecule has 0 saturated carbocycles. The van der Waals surface area contributed by atoms with Gasteiger partial charge in [0.15, 0.2) is 0 Å². The third-order valence-electron chi connectivity index (χ3n) is 2.88. The first-order chi connectivity index (χ1) is 6.93. The summed E-state index contributed by atoms with van der Waals surface area (Å²) in [7, 11) is 0. The largest absolute Gasteiger partial charge is 0.377 e. The van der Waals surface area contributed by atoms with Crippen molar-refractivity contribution in [3.63, 3.8) is 0 Å². The molecule has 0 bridgehead atoms. The van der Waals surface area contributed by atoms with Crippen LogP contribution < -0.4 is 0 Å². The van der Waals surface area contributed by atoms with Crippen LogP contribution in [0.15, 0.2) is 11.6 Å². The molecule has 1 nitrogen and oxygen atoms in total. The van der Waals surface area contributed by atoms with Crippen LogP contribution in [0.25, 0.3) is 0 Å². The number of allylic oxidation sites excluding steroid dienone is 1. The van der Waals surface area contributed by atoms with Crippen molar-refractivity contribution in [2.75, 3.05) is 13.2 Å². The van der Waals surface area contributed by atoms with E-state index in [0.29, 0.717) is 0 Å². The van der Waals surface area contributed by atoms with Crippen molar-refractivity contribution < 1.29 is 4.74 Å². The average Bonchev–Trinajstić information content (AvgIpc) is 2.23. The van der Waals surface area contributed by atoms with Crippen LogP contribution >= 0.6 is 0 Å². The van der Waals surface area contributed by atoms with E-state index in [9.17, 15) is 0 Å². The smallest absolute Gasteiger partial charge is 0.0676 e. The van der Waals surface area contributed by atoms with E-state index in [1.807, 2.05) is 0 Å². The van der Waals surface area contributed by atoms with Crippen LogP contribution in [0.4, 0.5) is 0 Å². The first-order valence-corrected chi connectivity index (χ1v) is 6.19. The van der Waals surface area contributed by atoms with Gasteiger partial charge in [-0.05, 0) is 38.2 Å². The summed E-state index contributed by atoms with van der Waals surface area (Å²) in [6, 6.07) is 0. The fourth-order valence-corrected chi connectivity index (χ4v) is 1.98. The van der Waals surface area contributed by atoms with Crippen LogP contribution in [-0.4, -0.2) is 13.2 Å². The Morgan fingerprint density at radius 1 is 1.07 bits per heavy atom. The SMILES string of the molecule is CCOC/C1=C/CCCCCCCC1. The maximum absolute atomic E-state index is 5.47. The van der Waals surface area contributed by atoms with Gasteiger partial charge >= 0.3 is 0 Å². The Hall–Kier alpha value is -0.300. The predicted molar refractivity (Wildman–Crippen MR) is 61.5 cm³/mol. The standard InChI is InChI=1S/C13H24O/c1-2-14-12-13-10-8-6-4-3-5-7-9-11-13/h10H,2-9,11-12H2,1H3/b13-10+. The highest BCUT2D eigenvalue weighted by atomic mass is 16.5. The second-order valence-corrected chi connectivity index (χ2v) is 4.16. The van der Waals surface area contributed by atoms with Crippen LogP contribution in [0, 0.1) is 0 Å². The van der Waals surface area contributed by atoms with Gasteiger partial charge < -0.3 is 4.74 Å². The van der Waals surface area contributed by atoms with Gasteiger partial charge in [-0.3, -0.25) is 0 Å². The lowest BCUT2D eigenvalue weighted by atomic mass is 10.0. The van der Waals surface area contributed by atoms with E-state index in [4.69, 9.17) is 4.74 Å². The minimum absolute atomic E-state index is 0.845. The highest BCUT2D eigenvalue weighted by Crippen LogP contribution is 2.16. The molecule has 0 aromatic rings. The highest BCUT2D eigenvalue weighted by Gasteiger charge is 2.00. The van der Waals surface area contributed by atoms with E-state index in [2.05, 4.69) is 13.0 Å². The second kappa shape index (κ2) is 8.05. The van der Waals surface area contributed by atoms with E-state index >= 15 is 0 Å². The fourth-order valence-electron chi connectivity index (χ4n) is 1.98. The zero-order valence-corrected chi connectivity index (χ0v) is 9.56. The average molecular weight is 196 g/mol. The van der Waals surface area contributed by atoms with Gasteiger partial charge in [0.25, 0.3) is 0 Å². The monoisotopic (exact) mass is 196 g/mol. The van der Waals surface area contributed by atoms with E-state index in [0.717, 1.165) is 13.2 Å². The summed E-state index contributed by atoms with van der Waals surface area (Å²) in [5, 5.41) is 0. The highest BCUT2D eigenvalue weighted by molar-refractivity contribution is 5.02. The zero-order valence-electron chi connectivity index (χ0n) is 9.56. The molecule has 0 heterocycles. The molecular weight excluding hydrogens is 172 g/mol. The second-order valence-electron chi connectivity index (χ2n) is 4.16. The van der Waals surface area contributed by atoms with Crippen LogP contribution in [0.5, 0.6) is 0 Å². The van der Waals surface area contributed by atoms with Crippen molar-refractivity contribution >= 4 is 0 Å². The lowest BCUT2D eigenvalue weighted by Crippen LogP contribution is -1.99. The molecule has 0 spiro atoms. The Labute approximate surface area is 88.5 Å². The van der Waals surface area contributed by atoms with Gasteiger partial charge in [0.2, 0.25) is 0 Å². The quantitative estimate of drug-likeness (QED) is 0.618. The molecule has 0 N–H and O–H groups in total. The van der Waals surface area contributed by atoms with Gasteiger partial charge in [0, 0.05) is 6.61 Å². The van der Waals surface area contributed by atoms with Crippen molar-refractivity contribution in [1.82, 2.24) is 0 Å². The van der Waals surface area contributed by atoms with Crippen LogP contribution in [0.3, 0.4) is 0 Å². The van der Waals surface area contributed by atoms with Crippen LogP contribution in [-0.2, 0) is 4.74 Å². The molecule has 1 aliphatic rings. The van der Waals surface area contributed by atoms with Gasteiger partial charge in [0.05, 0.1) is 6.61 Å². The summed E-state index contributed by atoms with van der Waals surface area (Å²) in [6.45, 7) is 3.79. The van der Waals surface area contributed by atoms with Gasteiger partial charge in [0.1, 0.15) is 0 Å². The summed E-state index contributed by atoms with van der Waals surface area (Å²) < 4.78 is 5.47. The molecule has 0 fully saturated rings. The lowest BCUT2D eigenvalue weighted by Gasteiger charge is -2.10. The first-order valence-electron chi connectivity index (χ1n) is 6.19. The van der Waals surface area contributed by atoms with E-state index in [1.54, 1.807) is 0 Å². The molecule has 0 aliphatic heterocycles. The zero-order chi connectivity index (χ0) is 10.1. The number of hydrogen-bond acceptors (Lipinski definition) is 1. The van der Waals surface area contributed by atoms with Gasteiger partial charge in [-0.15, -0.1) is 0 Å². The maximum Gasteiger partial charge on any atom is 0.0676 e. The topological polar surface area (TPSA) is 9.23 Å². The summed E-state index contributed by atoms with van der Waals surface area (Å²) >= 11 is 0. The molecule has 0 saturated heterocycles. The maximum atomic E-state index is 5.47. The third-order valence-corrected chi connectivity index (χ3v) is 2.88. The molecule has 0 unspecified atom stereocenters. The Balaban J connectivity index is 2.30. The minimum Gasteiger partial charge on any atom is -0.377 e. The Morgan fingerprint density at radius 3 is 2.57 bits per heavy atom. The third kappa shape index (κ3) is 5.43. The molecule has 0 aromatic carbocycles. The van der Waals surface area contributed by atoms with Crippen LogP contribution in [0.1, 0.15) is 58.3 Å². The van der Waals surface area contributed by atoms with Gasteiger partial charge in [-0.25, -0.2) is 0 Å². The molecule has 82 valence electrons. The lowest BCUT2D eigenvalue weighted by molar-refractivity contribution is 0.168. The van der Waals surface area contributed by atoms with E-state index < -0.39 is 0 Å². The fraction of sp³-hybridized carbons (Fsp3) is 0.846. The summed E-state index contributed by atoms with van der Waals surface area (Å²) in [6.07, 6.45) is 13.4. The van der Waals surface area contributed by atoms with Crippen molar-refractivity contribution in [3.8, 4) is 0 Å². The molecule has 1 aliphatic carbocycles. The summed E-state index contributed by atoms with van der Waals surface area (Å²) in [5.74, 6) is 0. The molecule has 0 aromatic heterocycles. The molecule has 1 rings (SSSR count). The summed E-state index contributed by atoms with van der Waals surface area (Å²) in [5.41, 5.74) is 1.54. The number of hydrogen-bond donors (Lipinski definition) is 0. The van der Waals surface area contributed by atoms with Crippen molar-refractivity contribution in [1.29, 1.82) is 0 Å². The molecular formula is C13H24O. The van der Waals surface area contributed by atoms with Crippen molar-refractivity contribution in [2.45, 2.75) is 58.3 Å². The van der Waals surface area contributed by atoms with Crippen molar-refractivity contribution in [3.05, 3.63) is 11.6 Å². The molecule has 0 radical (unpaired) electrons. The first kappa shape index (κ1) is 11.8. The predicted octanol–water partition coefficient (Wildman–Crippen LogP) is 4.08. The normalized spacial score (nSPS) is 23.9. The molecule has 0 amide bonds. The number of ether oxygens (including phenoxy) is 1. The minimum atomic E-state index is 0.845. The number of rotatable bonds is 3. The van der Waals surface area contributed by atoms with E-state index in [1.165, 1.54) is 56.9 Å². The Bertz CT molecular complexity index is 161. The van der Waals surface area contributed by atoms with Gasteiger partial charge in [-0.1, -0.05) is 31.8 Å². The Kier molecular flexibility index (Phi) is 6.77. The molecule has 14 heavy (non-hydrogen) atoms. The van der Waals surface area contributed by atoms with Crippen molar-refractivity contribution in [2.24, 2.45) is 0 Å². The molecule has 1 heteroatoms. The van der Waals surface area contributed by atoms with Crippen LogP contribution in [0.2, 0.25) is 0 Å². The Morgan fingerprint density at radius 2 is 1.79 bits per heavy atom. The van der Waals surface area contributed by atoms with Gasteiger partial charge in [-0.2, -0.15) is 0 Å². The van der Waals surface area contributed by atoms with E-state index in [-0.39, 0.29) is 0 Å². The summed E-state index contributed by atoms with van der Waals surface area (Å²) in [4.78, 5) is 0.